The van der Waals surface area contributed by atoms with E-state index in [0.29, 0.717) is 30.7 Å². The van der Waals surface area contributed by atoms with Crippen molar-refractivity contribution in [3.05, 3.63) is 35.4 Å². The molecule has 128 valence electrons. The van der Waals surface area contributed by atoms with Crippen LogP contribution in [-0.4, -0.2) is 24.2 Å². The van der Waals surface area contributed by atoms with Crippen LogP contribution in [0.3, 0.4) is 0 Å². The lowest BCUT2D eigenvalue weighted by Crippen LogP contribution is -2.50. The molecule has 23 heavy (non-hydrogen) atoms. The van der Waals surface area contributed by atoms with Gasteiger partial charge in [-0.1, -0.05) is 36.3 Å². The maximum Gasteiger partial charge on any atom is 0.435 e. The quantitative estimate of drug-likeness (QED) is 0.717. The summed E-state index contributed by atoms with van der Waals surface area (Å²) >= 11 is 0. The number of nitrogens with zero attached hydrogens (tertiary/aromatic N) is 1. The molecule has 0 saturated carbocycles. The van der Waals surface area contributed by atoms with Crippen LogP contribution in [0.1, 0.15) is 30.9 Å². The zero-order chi connectivity index (χ0) is 17.5. The fraction of sp³-hybridized carbons (Fsp3) is 0.500. The van der Waals surface area contributed by atoms with Gasteiger partial charge in [0.25, 0.3) is 0 Å². The van der Waals surface area contributed by atoms with E-state index in [2.05, 4.69) is 5.16 Å². The van der Waals surface area contributed by atoms with Gasteiger partial charge in [0.1, 0.15) is 6.10 Å². The van der Waals surface area contributed by atoms with Crippen molar-refractivity contribution >= 4 is 5.71 Å². The van der Waals surface area contributed by atoms with Gasteiger partial charge in [-0.25, -0.2) is 4.39 Å². The van der Waals surface area contributed by atoms with Crippen LogP contribution in [0.25, 0.3) is 0 Å². The lowest BCUT2D eigenvalue weighted by Gasteiger charge is -2.30. The molecule has 1 aromatic carbocycles. The second-order valence-electron chi connectivity index (χ2n) is 5.11. The predicted molar refractivity (Wildman–Crippen MR) is 67.7 cm³/mol. The Morgan fingerprint density at radius 2 is 1.52 bits per heavy atom. The first-order chi connectivity index (χ1) is 10.5. The zero-order valence-electron chi connectivity index (χ0n) is 11.8. The largest absolute Gasteiger partial charge is 0.435 e. The standard InChI is InChI=1S/C14H12F7NO/c1-2-10-7-11(22-23-10)8-3-5-9(6-4-8)12(15,13(16,17)18)14(19,20)21/h3-6,10H,2,7H2,1H3. The summed E-state index contributed by atoms with van der Waals surface area (Å²) in [7, 11) is 0. The Morgan fingerprint density at radius 1 is 1.00 bits per heavy atom. The van der Waals surface area contributed by atoms with Gasteiger partial charge in [-0.05, 0) is 12.0 Å². The molecule has 0 bridgehead atoms. The first-order valence-corrected chi connectivity index (χ1v) is 6.66. The number of halogens is 7. The summed E-state index contributed by atoms with van der Waals surface area (Å²) in [6.07, 6.45) is -11.4. The third-order valence-electron chi connectivity index (χ3n) is 3.59. The van der Waals surface area contributed by atoms with Crippen molar-refractivity contribution in [1.82, 2.24) is 0 Å². The zero-order valence-corrected chi connectivity index (χ0v) is 11.8. The molecule has 0 spiro atoms. The van der Waals surface area contributed by atoms with Crippen molar-refractivity contribution in [1.29, 1.82) is 0 Å². The molecule has 0 N–H and O–H groups in total. The minimum absolute atomic E-state index is 0.185. The maximum absolute atomic E-state index is 13.9. The highest BCUT2D eigenvalue weighted by Crippen LogP contribution is 2.53. The smallest absolute Gasteiger partial charge is 0.392 e. The first kappa shape index (κ1) is 17.6. The number of hydrogen-bond acceptors (Lipinski definition) is 2. The van der Waals surface area contributed by atoms with E-state index in [4.69, 9.17) is 4.84 Å². The predicted octanol–water partition coefficient (Wildman–Crippen LogP) is 4.88. The molecule has 2 rings (SSSR count). The van der Waals surface area contributed by atoms with Gasteiger partial charge < -0.3 is 4.84 Å². The van der Waals surface area contributed by atoms with E-state index < -0.39 is 23.6 Å². The third kappa shape index (κ3) is 3.00. The van der Waals surface area contributed by atoms with Gasteiger partial charge >= 0.3 is 18.0 Å². The average Bonchev–Trinajstić information content (AvgIpc) is 2.93. The SMILES string of the molecule is CCC1CC(c2ccc(C(F)(C(F)(F)F)C(F)(F)F)cc2)=NO1. The van der Waals surface area contributed by atoms with Gasteiger partial charge in [0.15, 0.2) is 0 Å². The minimum atomic E-state index is -6.12. The van der Waals surface area contributed by atoms with Gasteiger partial charge in [0.05, 0.1) is 5.71 Å². The molecule has 1 aromatic rings. The van der Waals surface area contributed by atoms with Crippen molar-refractivity contribution in [2.45, 2.75) is 43.9 Å². The molecule has 1 aliphatic heterocycles. The third-order valence-corrected chi connectivity index (χ3v) is 3.59. The molecule has 1 aliphatic rings. The van der Waals surface area contributed by atoms with E-state index in [9.17, 15) is 30.7 Å². The van der Waals surface area contributed by atoms with E-state index in [1.807, 2.05) is 6.92 Å². The van der Waals surface area contributed by atoms with Crippen LogP contribution in [-0.2, 0) is 10.5 Å². The van der Waals surface area contributed by atoms with Crippen molar-refractivity contribution in [2.24, 2.45) is 5.16 Å². The Morgan fingerprint density at radius 3 is 1.91 bits per heavy atom. The summed E-state index contributed by atoms with van der Waals surface area (Å²) in [5, 5.41) is 3.73. The topological polar surface area (TPSA) is 21.6 Å². The number of hydrogen-bond donors (Lipinski definition) is 0. The van der Waals surface area contributed by atoms with Crippen LogP contribution in [0.5, 0.6) is 0 Å². The Bertz CT molecular complexity index is 575. The number of oxime groups is 1. The average molecular weight is 343 g/mol. The van der Waals surface area contributed by atoms with Crippen LogP contribution in [0.2, 0.25) is 0 Å². The second kappa shape index (κ2) is 5.68. The molecule has 9 heteroatoms. The molecule has 0 saturated heterocycles. The van der Waals surface area contributed by atoms with Gasteiger partial charge in [-0.3, -0.25) is 0 Å². The Labute approximate surface area is 126 Å². The van der Waals surface area contributed by atoms with Crippen LogP contribution < -0.4 is 0 Å². The summed E-state index contributed by atoms with van der Waals surface area (Å²) < 4.78 is 89.7. The summed E-state index contributed by atoms with van der Waals surface area (Å²) in [4.78, 5) is 5.03. The molecule has 0 amide bonds. The molecule has 0 aromatic heterocycles. The molecular formula is C14H12F7NO. The van der Waals surface area contributed by atoms with E-state index in [1.165, 1.54) is 0 Å². The number of rotatable bonds is 3. The molecule has 0 fully saturated rings. The second-order valence-corrected chi connectivity index (χ2v) is 5.11. The van der Waals surface area contributed by atoms with Gasteiger partial charge in [-0.15, -0.1) is 0 Å². The summed E-state index contributed by atoms with van der Waals surface area (Å²) in [6, 6.07) is 2.89. The van der Waals surface area contributed by atoms with Crippen LogP contribution in [0, 0.1) is 0 Å². The highest BCUT2D eigenvalue weighted by atomic mass is 19.4. The van der Waals surface area contributed by atoms with Crippen LogP contribution in [0.15, 0.2) is 29.4 Å². The lowest BCUT2D eigenvalue weighted by atomic mass is 9.92. The van der Waals surface area contributed by atoms with E-state index in [1.54, 1.807) is 0 Å². The van der Waals surface area contributed by atoms with Crippen molar-refractivity contribution < 1.29 is 35.6 Å². The highest BCUT2D eigenvalue weighted by Gasteiger charge is 2.73. The molecule has 2 nitrogen and oxygen atoms in total. The van der Waals surface area contributed by atoms with E-state index in [0.717, 1.165) is 12.1 Å². The van der Waals surface area contributed by atoms with Gasteiger partial charge in [0, 0.05) is 12.0 Å². The fourth-order valence-electron chi connectivity index (χ4n) is 2.20. The molecule has 0 aliphatic carbocycles. The maximum atomic E-state index is 13.9. The Hall–Kier alpha value is -1.80. The highest BCUT2D eigenvalue weighted by molar-refractivity contribution is 6.01. The Balaban J connectivity index is 2.35. The van der Waals surface area contributed by atoms with Gasteiger partial charge in [-0.2, -0.15) is 26.3 Å². The monoisotopic (exact) mass is 343 g/mol. The molecule has 0 radical (unpaired) electrons. The minimum Gasteiger partial charge on any atom is -0.392 e. The van der Waals surface area contributed by atoms with Crippen molar-refractivity contribution in [2.75, 3.05) is 0 Å². The van der Waals surface area contributed by atoms with E-state index >= 15 is 0 Å². The molecule has 1 unspecified atom stereocenters. The normalized spacial score (nSPS) is 19.5. The molecule has 1 heterocycles. The fourth-order valence-corrected chi connectivity index (χ4v) is 2.20. The lowest BCUT2D eigenvalue weighted by molar-refractivity contribution is -0.348. The summed E-state index contributed by atoms with van der Waals surface area (Å²) in [5.41, 5.74) is -6.26. The Kier molecular flexibility index (Phi) is 4.34. The van der Waals surface area contributed by atoms with E-state index in [-0.39, 0.29) is 11.7 Å². The summed E-state index contributed by atoms with van der Waals surface area (Å²) in [6.45, 7) is 1.84. The van der Waals surface area contributed by atoms with Gasteiger partial charge in [0.2, 0.25) is 0 Å². The van der Waals surface area contributed by atoms with Crippen molar-refractivity contribution in [3.63, 3.8) is 0 Å². The summed E-state index contributed by atoms with van der Waals surface area (Å²) in [5.74, 6) is 0. The molecular weight excluding hydrogens is 331 g/mol. The first-order valence-electron chi connectivity index (χ1n) is 6.66. The molecule has 1 atom stereocenters. The van der Waals surface area contributed by atoms with Crippen LogP contribution >= 0.6 is 0 Å². The number of benzene rings is 1. The van der Waals surface area contributed by atoms with Crippen molar-refractivity contribution in [3.8, 4) is 0 Å². The number of alkyl halides is 7. The van der Waals surface area contributed by atoms with Crippen LogP contribution in [0.4, 0.5) is 30.7 Å².